The fourth-order valence-corrected chi connectivity index (χ4v) is 9.60. The Kier molecular flexibility index (Phi) is 6.99. The molecule has 0 fully saturated rings. The first-order valence-corrected chi connectivity index (χ1v) is 19.7. The fourth-order valence-electron chi connectivity index (χ4n) is 9.60. The lowest BCUT2D eigenvalue weighted by molar-refractivity contribution is 1.13. The predicted molar refractivity (Wildman–Crippen MR) is 242 cm³/mol. The summed E-state index contributed by atoms with van der Waals surface area (Å²) in [6.07, 6.45) is 0. The van der Waals surface area contributed by atoms with Crippen LogP contribution in [0.1, 0.15) is 11.1 Å². The molecule has 0 aliphatic carbocycles. The van der Waals surface area contributed by atoms with Crippen LogP contribution in [0, 0.1) is 22.7 Å². The fraction of sp³-hybridized carbons (Fsp3) is 0. The molecule has 272 valence electrons. The van der Waals surface area contributed by atoms with Gasteiger partial charge in [-0.3, -0.25) is 0 Å². The summed E-state index contributed by atoms with van der Waals surface area (Å²) in [6.45, 7) is 0. The second-order valence-corrected chi connectivity index (χ2v) is 15.1. The summed E-state index contributed by atoms with van der Waals surface area (Å²) in [5.41, 5.74) is 11.7. The summed E-state index contributed by atoms with van der Waals surface area (Å²) in [7, 11) is 0. The van der Waals surface area contributed by atoms with Gasteiger partial charge >= 0.3 is 0 Å². The second-order valence-electron chi connectivity index (χ2n) is 15.1. The zero-order valence-electron chi connectivity index (χ0n) is 31.6. The molecule has 12 aromatic rings. The topological polar surface area (TPSA) is 62.4 Å². The van der Waals surface area contributed by atoms with Crippen molar-refractivity contribution in [2.24, 2.45) is 0 Å². The van der Waals surface area contributed by atoms with E-state index >= 15 is 0 Å². The first-order chi connectivity index (χ1) is 29.2. The van der Waals surface area contributed by atoms with Gasteiger partial charge in [0, 0.05) is 38.0 Å². The van der Waals surface area contributed by atoms with Crippen molar-refractivity contribution in [2.45, 2.75) is 0 Å². The van der Waals surface area contributed by atoms with E-state index in [4.69, 9.17) is 0 Å². The zero-order chi connectivity index (χ0) is 39.2. The van der Waals surface area contributed by atoms with Crippen LogP contribution in [0.15, 0.2) is 188 Å². The Balaban J connectivity index is 1.18. The molecule has 3 heterocycles. The van der Waals surface area contributed by atoms with Crippen molar-refractivity contribution in [3.8, 4) is 40.3 Å². The Morgan fingerprint density at radius 2 is 0.898 bits per heavy atom. The first-order valence-electron chi connectivity index (χ1n) is 19.7. The standard InChI is InChI=1S/C54H31N5/c55-32-37-31-51(59-45-21-11-9-19-41(45)42-25-28-49-53(54(42)59)43-20-10-12-22-46(43)57(49)39-16-5-2-6-17-39)38(33-56)30-50(37)58-47-26-24-36(34-13-3-1-4-14-34)29-44(47)52-40-18-8-7-15-35(40)23-27-48(52)58/h1-31H. The number of para-hydroxylation sites is 3. The summed E-state index contributed by atoms with van der Waals surface area (Å²) >= 11 is 0. The van der Waals surface area contributed by atoms with Crippen LogP contribution in [0.5, 0.6) is 0 Å². The molecule has 0 atom stereocenters. The maximum atomic E-state index is 11.2. The van der Waals surface area contributed by atoms with Gasteiger partial charge in [0.25, 0.3) is 0 Å². The smallest absolute Gasteiger partial charge is 0.101 e. The lowest BCUT2D eigenvalue weighted by atomic mass is 10.0. The van der Waals surface area contributed by atoms with E-state index in [-0.39, 0.29) is 0 Å². The minimum atomic E-state index is 0.474. The molecule has 12 rings (SSSR count). The lowest BCUT2D eigenvalue weighted by Crippen LogP contribution is -2.04. The third kappa shape index (κ3) is 4.65. The van der Waals surface area contributed by atoms with Gasteiger partial charge in [-0.05, 0) is 82.6 Å². The largest absolute Gasteiger partial charge is 0.309 e. The number of hydrogen-bond donors (Lipinski definition) is 0. The Bertz CT molecular complexity index is 3790. The molecule has 59 heavy (non-hydrogen) atoms. The van der Waals surface area contributed by atoms with Crippen molar-refractivity contribution in [3.63, 3.8) is 0 Å². The van der Waals surface area contributed by atoms with Gasteiger partial charge in [0.2, 0.25) is 0 Å². The number of rotatable bonds is 4. The molecule has 0 aliphatic rings. The second kappa shape index (κ2) is 12.6. The van der Waals surface area contributed by atoms with E-state index in [9.17, 15) is 10.5 Å². The molecule has 0 saturated heterocycles. The van der Waals surface area contributed by atoms with Crippen molar-refractivity contribution in [2.75, 3.05) is 0 Å². The molecule has 5 heteroatoms. The van der Waals surface area contributed by atoms with Gasteiger partial charge in [-0.2, -0.15) is 10.5 Å². The third-order valence-corrected chi connectivity index (χ3v) is 12.1. The van der Waals surface area contributed by atoms with Crippen LogP contribution in [0.25, 0.3) is 104 Å². The average molecular weight is 750 g/mol. The molecule has 0 N–H and O–H groups in total. The molecule has 3 aromatic heterocycles. The van der Waals surface area contributed by atoms with Crippen LogP contribution < -0.4 is 0 Å². The molecule has 0 unspecified atom stereocenters. The van der Waals surface area contributed by atoms with Crippen molar-refractivity contribution >= 4 is 76.2 Å². The van der Waals surface area contributed by atoms with Crippen LogP contribution in [-0.4, -0.2) is 13.7 Å². The molecule has 0 saturated carbocycles. The van der Waals surface area contributed by atoms with Gasteiger partial charge in [-0.15, -0.1) is 0 Å². The minimum Gasteiger partial charge on any atom is -0.309 e. The predicted octanol–water partition coefficient (Wildman–Crippen LogP) is 13.5. The highest BCUT2D eigenvalue weighted by Gasteiger charge is 2.25. The van der Waals surface area contributed by atoms with E-state index in [2.05, 4.69) is 184 Å². The number of nitriles is 2. The van der Waals surface area contributed by atoms with E-state index in [1.54, 1.807) is 0 Å². The van der Waals surface area contributed by atoms with Gasteiger partial charge in [-0.1, -0.05) is 127 Å². The molecule has 9 aromatic carbocycles. The molecule has 0 bridgehead atoms. The van der Waals surface area contributed by atoms with E-state index in [1.165, 1.54) is 0 Å². The quantitative estimate of drug-likeness (QED) is 0.180. The number of benzene rings is 9. The normalized spacial score (nSPS) is 11.7. The van der Waals surface area contributed by atoms with Gasteiger partial charge < -0.3 is 13.7 Å². The van der Waals surface area contributed by atoms with E-state index < -0.39 is 0 Å². The summed E-state index contributed by atoms with van der Waals surface area (Å²) < 4.78 is 6.70. The molecule has 0 amide bonds. The lowest BCUT2D eigenvalue weighted by Gasteiger charge is -2.16. The van der Waals surface area contributed by atoms with Crippen molar-refractivity contribution in [3.05, 3.63) is 199 Å². The molecule has 5 nitrogen and oxygen atoms in total. The van der Waals surface area contributed by atoms with Crippen LogP contribution in [-0.2, 0) is 0 Å². The van der Waals surface area contributed by atoms with Gasteiger partial charge in [0.05, 0.1) is 55.6 Å². The third-order valence-electron chi connectivity index (χ3n) is 12.1. The van der Waals surface area contributed by atoms with Crippen LogP contribution in [0.2, 0.25) is 0 Å². The maximum Gasteiger partial charge on any atom is 0.101 e. The van der Waals surface area contributed by atoms with Crippen molar-refractivity contribution in [1.29, 1.82) is 10.5 Å². The summed E-state index contributed by atoms with van der Waals surface area (Å²) in [5.74, 6) is 0. The van der Waals surface area contributed by atoms with E-state index in [1.807, 2.05) is 30.3 Å². The monoisotopic (exact) mass is 749 g/mol. The number of aromatic nitrogens is 3. The highest BCUT2D eigenvalue weighted by atomic mass is 15.0. The van der Waals surface area contributed by atoms with Gasteiger partial charge in [0.15, 0.2) is 0 Å². The van der Waals surface area contributed by atoms with Crippen LogP contribution in [0.4, 0.5) is 0 Å². The summed E-state index contributed by atoms with van der Waals surface area (Å²) in [5, 5.41) is 31.1. The Hall–Kier alpha value is -8.38. The summed E-state index contributed by atoms with van der Waals surface area (Å²) in [4.78, 5) is 0. The molecule has 0 aliphatic heterocycles. The minimum absolute atomic E-state index is 0.474. The molecular weight excluding hydrogens is 719 g/mol. The number of nitrogens with zero attached hydrogens (tertiary/aromatic N) is 5. The van der Waals surface area contributed by atoms with E-state index in [0.717, 1.165) is 93.0 Å². The first kappa shape index (κ1) is 32.8. The Morgan fingerprint density at radius 1 is 0.339 bits per heavy atom. The molecule has 0 spiro atoms. The Morgan fingerprint density at radius 3 is 1.64 bits per heavy atom. The van der Waals surface area contributed by atoms with E-state index in [0.29, 0.717) is 22.5 Å². The highest BCUT2D eigenvalue weighted by Crippen LogP contribution is 2.44. The highest BCUT2D eigenvalue weighted by molar-refractivity contribution is 6.26. The number of hydrogen-bond acceptors (Lipinski definition) is 2. The number of fused-ring (bicyclic) bond motifs is 12. The SMILES string of the molecule is N#Cc1cc(-n2c3ccccc3c3ccc4c(c5ccccc5n4-c4ccccc4)c32)c(C#N)cc1-n1c2ccc(-c3ccccc3)cc2c2c3ccccc3ccc21. The van der Waals surface area contributed by atoms with Crippen LogP contribution in [0.3, 0.4) is 0 Å². The van der Waals surface area contributed by atoms with Gasteiger partial charge in [0.1, 0.15) is 12.1 Å². The summed E-state index contributed by atoms with van der Waals surface area (Å²) in [6, 6.07) is 70.5. The maximum absolute atomic E-state index is 11.2. The Labute approximate surface area is 338 Å². The van der Waals surface area contributed by atoms with Crippen molar-refractivity contribution in [1.82, 2.24) is 13.7 Å². The molecular formula is C54H31N5. The van der Waals surface area contributed by atoms with Crippen LogP contribution >= 0.6 is 0 Å². The average Bonchev–Trinajstić information content (AvgIpc) is 3.94. The van der Waals surface area contributed by atoms with Crippen molar-refractivity contribution < 1.29 is 0 Å². The van der Waals surface area contributed by atoms with Gasteiger partial charge in [-0.25, -0.2) is 0 Å². The molecule has 0 radical (unpaired) electrons. The zero-order valence-corrected chi connectivity index (χ0v) is 31.6.